The van der Waals surface area contributed by atoms with Gasteiger partial charge in [-0.05, 0) is 12.5 Å². The molecule has 4 heteroatoms. The number of hydrogen-bond acceptors (Lipinski definition) is 4. The standard InChI is InChI=1S/C19H18N2S2/c1-3-4-6-9-16(2)14-22-18(12-20)19(13-21)23-15-17-10-7-5-8-11-17/h3-11H,1,14-15H2,2H3/b6-4-,16-9+,19-18-. The molecule has 0 aliphatic carbocycles. The van der Waals surface area contributed by atoms with E-state index in [-0.39, 0.29) is 0 Å². The van der Waals surface area contributed by atoms with Gasteiger partial charge in [-0.1, -0.05) is 66.8 Å². The molecular weight excluding hydrogens is 320 g/mol. The van der Waals surface area contributed by atoms with Gasteiger partial charge in [-0.25, -0.2) is 0 Å². The Morgan fingerprint density at radius 3 is 2.35 bits per heavy atom. The van der Waals surface area contributed by atoms with Crippen LogP contribution in [0.1, 0.15) is 12.5 Å². The molecule has 0 radical (unpaired) electrons. The third-order valence-electron chi connectivity index (χ3n) is 2.71. The molecule has 0 spiro atoms. The minimum Gasteiger partial charge on any atom is -0.192 e. The van der Waals surface area contributed by atoms with Gasteiger partial charge in [0.15, 0.2) is 0 Å². The number of thioether (sulfide) groups is 2. The van der Waals surface area contributed by atoms with E-state index in [9.17, 15) is 10.5 Å². The molecule has 0 saturated carbocycles. The summed E-state index contributed by atoms with van der Waals surface area (Å²) >= 11 is 2.81. The number of hydrogen-bond donors (Lipinski definition) is 0. The van der Waals surface area contributed by atoms with Crippen molar-refractivity contribution in [2.45, 2.75) is 12.7 Å². The van der Waals surface area contributed by atoms with Crippen LogP contribution in [-0.4, -0.2) is 5.75 Å². The molecule has 0 amide bonds. The smallest absolute Gasteiger partial charge is 0.109 e. The summed E-state index contributed by atoms with van der Waals surface area (Å²) in [5.41, 5.74) is 2.27. The molecule has 0 atom stereocenters. The zero-order chi connectivity index (χ0) is 16.9. The van der Waals surface area contributed by atoms with E-state index in [1.54, 1.807) is 6.08 Å². The first-order chi connectivity index (χ1) is 11.2. The predicted octanol–water partition coefficient (Wildman–Crippen LogP) is 5.60. The number of allylic oxidation sites excluding steroid dienone is 6. The second kappa shape index (κ2) is 11.4. The van der Waals surface area contributed by atoms with Crippen molar-refractivity contribution in [1.82, 2.24) is 0 Å². The quantitative estimate of drug-likeness (QED) is 0.457. The second-order valence-corrected chi connectivity index (χ2v) is 6.55. The average Bonchev–Trinajstić information content (AvgIpc) is 2.59. The molecule has 1 aromatic carbocycles. The molecule has 0 heterocycles. The monoisotopic (exact) mass is 338 g/mol. The van der Waals surface area contributed by atoms with Crippen molar-refractivity contribution in [3.63, 3.8) is 0 Å². The molecule has 2 nitrogen and oxygen atoms in total. The minimum absolute atomic E-state index is 0.480. The molecule has 116 valence electrons. The van der Waals surface area contributed by atoms with Crippen LogP contribution in [0, 0.1) is 22.7 Å². The first kappa shape index (κ1) is 18.9. The normalized spacial score (nSPS) is 12.4. The maximum absolute atomic E-state index is 9.31. The molecule has 0 N–H and O–H groups in total. The van der Waals surface area contributed by atoms with Gasteiger partial charge in [0.2, 0.25) is 0 Å². The Balaban J connectivity index is 2.70. The lowest BCUT2D eigenvalue weighted by Crippen LogP contribution is -1.87. The third-order valence-corrected chi connectivity index (χ3v) is 5.08. The molecule has 0 saturated heterocycles. The number of nitriles is 2. The van der Waals surface area contributed by atoms with Crippen LogP contribution in [0.15, 0.2) is 76.6 Å². The second-order valence-electron chi connectivity index (χ2n) is 4.58. The largest absolute Gasteiger partial charge is 0.192 e. The van der Waals surface area contributed by atoms with Crippen molar-refractivity contribution in [2.24, 2.45) is 0 Å². The minimum atomic E-state index is 0.480. The van der Waals surface area contributed by atoms with Crippen LogP contribution in [0.3, 0.4) is 0 Å². The third kappa shape index (κ3) is 7.61. The number of nitrogens with zero attached hydrogens (tertiary/aromatic N) is 2. The van der Waals surface area contributed by atoms with E-state index in [1.807, 2.05) is 55.5 Å². The van der Waals surface area contributed by atoms with Crippen molar-refractivity contribution >= 4 is 23.5 Å². The summed E-state index contributed by atoms with van der Waals surface area (Å²) in [4.78, 5) is 0.963. The average molecular weight is 339 g/mol. The fourth-order valence-electron chi connectivity index (χ4n) is 1.56. The Morgan fingerprint density at radius 2 is 1.74 bits per heavy atom. The lowest BCUT2D eigenvalue weighted by atomic mass is 10.2. The predicted molar refractivity (Wildman–Crippen MR) is 102 cm³/mol. The highest BCUT2D eigenvalue weighted by Gasteiger charge is 2.08. The highest BCUT2D eigenvalue weighted by atomic mass is 32.2. The number of rotatable bonds is 8. The molecule has 0 fully saturated rings. The van der Waals surface area contributed by atoms with E-state index in [1.165, 1.54) is 23.5 Å². The lowest BCUT2D eigenvalue weighted by Gasteiger charge is -2.04. The van der Waals surface area contributed by atoms with Gasteiger partial charge in [-0.3, -0.25) is 0 Å². The fraction of sp³-hybridized carbons (Fsp3) is 0.158. The van der Waals surface area contributed by atoms with Gasteiger partial charge < -0.3 is 0 Å². The summed E-state index contributed by atoms with van der Waals surface area (Å²) in [6, 6.07) is 14.2. The molecule has 23 heavy (non-hydrogen) atoms. The van der Waals surface area contributed by atoms with Gasteiger partial charge in [0, 0.05) is 11.5 Å². The summed E-state index contributed by atoms with van der Waals surface area (Å²) in [5, 5.41) is 18.6. The van der Waals surface area contributed by atoms with Crippen LogP contribution in [0.25, 0.3) is 0 Å². The van der Waals surface area contributed by atoms with Crippen molar-refractivity contribution in [1.29, 1.82) is 10.5 Å². The topological polar surface area (TPSA) is 47.6 Å². The van der Waals surface area contributed by atoms with Crippen LogP contribution in [-0.2, 0) is 5.75 Å². The molecule has 1 aromatic rings. The van der Waals surface area contributed by atoms with Crippen LogP contribution >= 0.6 is 23.5 Å². The van der Waals surface area contributed by atoms with E-state index < -0.39 is 0 Å². The summed E-state index contributed by atoms with van der Waals surface area (Å²) in [6.07, 6.45) is 7.46. The first-order valence-corrected chi connectivity index (χ1v) is 8.97. The molecule has 0 aromatic heterocycles. The zero-order valence-corrected chi connectivity index (χ0v) is 14.7. The summed E-state index contributed by atoms with van der Waals surface area (Å²) in [7, 11) is 0. The van der Waals surface area contributed by atoms with Crippen LogP contribution < -0.4 is 0 Å². The molecular formula is C19H18N2S2. The van der Waals surface area contributed by atoms with E-state index in [2.05, 4.69) is 18.7 Å². The molecule has 0 aliphatic rings. The number of benzene rings is 1. The Hall–Kier alpha value is -2.14. The Labute approximate surface area is 146 Å². The Morgan fingerprint density at radius 1 is 1.09 bits per heavy atom. The van der Waals surface area contributed by atoms with Gasteiger partial charge in [0.05, 0.1) is 0 Å². The molecule has 0 aliphatic heterocycles. The van der Waals surface area contributed by atoms with E-state index in [0.717, 1.165) is 11.1 Å². The Bertz CT molecular complexity index is 686. The SMILES string of the molecule is C=C/C=C\C=C(/C)CS/C(C#N)=C(/C#N)SCc1ccccc1. The van der Waals surface area contributed by atoms with Crippen LogP contribution in [0.4, 0.5) is 0 Å². The fourth-order valence-corrected chi connectivity index (χ4v) is 3.37. The molecule has 0 bridgehead atoms. The van der Waals surface area contributed by atoms with Crippen molar-refractivity contribution in [3.05, 3.63) is 82.2 Å². The maximum Gasteiger partial charge on any atom is 0.109 e. The summed E-state index contributed by atoms with van der Waals surface area (Å²) < 4.78 is 0. The summed E-state index contributed by atoms with van der Waals surface area (Å²) in [6.45, 7) is 5.61. The van der Waals surface area contributed by atoms with E-state index in [4.69, 9.17) is 0 Å². The lowest BCUT2D eigenvalue weighted by molar-refractivity contribution is 1.41. The van der Waals surface area contributed by atoms with Crippen molar-refractivity contribution in [2.75, 3.05) is 5.75 Å². The highest BCUT2D eigenvalue weighted by Crippen LogP contribution is 2.30. The summed E-state index contributed by atoms with van der Waals surface area (Å²) in [5.74, 6) is 1.37. The van der Waals surface area contributed by atoms with Gasteiger partial charge in [-0.15, -0.1) is 23.5 Å². The van der Waals surface area contributed by atoms with Crippen molar-refractivity contribution < 1.29 is 0 Å². The van der Waals surface area contributed by atoms with E-state index >= 15 is 0 Å². The first-order valence-electron chi connectivity index (χ1n) is 7.00. The van der Waals surface area contributed by atoms with Gasteiger partial charge in [0.25, 0.3) is 0 Å². The van der Waals surface area contributed by atoms with E-state index in [0.29, 0.717) is 21.3 Å². The van der Waals surface area contributed by atoms with Crippen molar-refractivity contribution in [3.8, 4) is 12.1 Å². The molecule has 0 unspecified atom stereocenters. The zero-order valence-electron chi connectivity index (χ0n) is 13.0. The van der Waals surface area contributed by atoms with Gasteiger partial charge >= 0.3 is 0 Å². The van der Waals surface area contributed by atoms with Gasteiger partial charge in [-0.2, -0.15) is 10.5 Å². The highest BCUT2D eigenvalue weighted by molar-refractivity contribution is 8.06. The van der Waals surface area contributed by atoms with Gasteiger partial charge in [0.1, 0.15) is 21.9 Å². The van der Waals surface area contributed by atoms with Crippen LogP contribution in [0.2, 0.25) is 0 Å². The molecule has 1 rings (SSSR count). The maximum atomic E-state index is 9.31. The van der Waals surface area contributed by atoms with Crippen LogP contribution in [0.5, 0.6) is 0 Å². The Kier molecular flexibility index (Phi) is 9.40.